The van der Waals surface area contributed by atoms with E-state index in [0.29, 0.717) is 0 Å². The number of ether oxygens (including phenoxy) is 5. The molecule has 4 aliphatic rings. The Morgan fingerprint density at radius 2 is 1.45 bits per heavy atom. The molecule has 438 valence electrons. The number of halogens is 2. The maximum atomic E-state index is 13.8. The van der Waals surface area contributed by atoms with Crippen LogP contribution in [0.1, 0.15) is 25.1 Å². The van der Waals surface area contributed by atoms with Crippen LogP contribution in [0.15, 0.2) is 34.9 Å². The van der Waals surface area contributed by atoms with Gasteiger partial charge in [0.2, 0.25) is 24.1 Å². The van der Waals surface area contributed by atoms with Gasteiger partial charge in [-0.15, -0.1) is 0 Å². The SMILES string of the molecule is CO[C@H]1C(OP(=O)([O-])OC[C@H]2O[C@@H](n3cnc4c(=O)[nH]c(N)nc43)[C@@H](O)C2O)[C@@H](COP(=O)(O)OP(=O)(O)OP(=O)(O)OC[C@]23O[C@@H]([n+]4cn(C)c5c(=O)[nH]c(N)nc54)C(O[C@H]2CC(F)F)[C@H]3O)O[C@H]1n1cnc2c(N)ncnc21. The van der Waals surface area contributed by atoms with E-state index in [0.717, 1.165) is 39.8 Å². The number of nitrogens with zero attached hydrogens (tertiary/aromatic N) is 10. The Morgan fingerprint density at radius 3 is 2.15 bits per heavy atom. The van der Waals surface area contributed by atoms with Crippen molar-refractivity contribution in [3.63, 3.8) is 0 Å². The number of aryl methyl sites for hydroxylation is 1. The fourth-order valence-electron chi connectivity index (χ4n) is 9.55. The molecule has 0 aliphatic carbocycles. The maximum Gasteiger partial charge on any atom is 0.490 e. The number of nitrogen functional groups attached to an aromatic ring is 3. The number of methoxy groups -OCH3 is 1. The molecule has 80 heavy (non-hydrogen) atoms. The van der Waals surface area contributed by atoms with Crippen LogP contribution in [0.25, 0.3) is 33.5 Å². The van der Waals surface area contributed by atoms with Gasteiger partial charge in [0.1, 0.15) is 60.7 Å². The van der Waals surface area contributed by atoms with Crippen molar-refractivity contribution in [1.29, 1.82) is 0 Å². The van der Waals surface area contributed by atoms with Crippen molar-refractivity contribution >= 4 is 82.5 Å². The van der Waals surface area contributed by atoms with Gasteiger partial charge in [-0.3, -0.25) is 46.9 Å². The third kappa shape index (κ3) is 10.8. The smallest absolute Gasteiger partial charge is 0.490 e. The summed E-state index contributed by atoms with van der Waals surface area (Å²) in [6.45, 7) is -3.83. The quantitative estimate of drug-likeness (QED) is 0.0242. The summed E-state index contributed by atoms with van der Waals surface area (Å²) >= 11 is 0. The Hall–Kier alpha value is -5.29. The van der Waals surface area contributed by atoms with Crippen LogP contribution in [-0.4, -0.2) is 177 Å². The maximum absolute atomic E-state index is 13.8. The summed E-state index contributed by atoms with van der Waals surface area (Å²) in [6, 6.07) is 0. The van der Waals surface area contributed by atoms with E-state index >= 15 is 0 Å². The highest BCUT2D eigenvalue weighted by molar-refractivity contribution is 7.66. The average molecular weight is 1220 g/mol. The third-order valence-corrected chi connectivity index (χ3v) is 18.2. The number of H-pyrrole nitrogens is 2. The van der Waals surface area contributed by atoms with E-state index in [1.165, 1.54) is 17.9 Å². The number of aromatic amines is 2. The summed E-state index contributed by atoms with van der Waals surface area (Å²) in [5.74, 6) is -0.811. The van der Waals surface area contributed by atoms with E-state index in [1.807, 2.05) is 0 Å². The van der Waals surface area contributed by atoms with E-state index < -0.39 is 154 Å². The third-order valence-electron chi connectivity index (χ3n) is 13.0. The predicted octanol–water partition coefficient (Wildman–Crippen LogP) is -3.91. The minimum Gasteiger partial charge on any atom is -0.756 e. The number of imidazole rings is 3. The summed E-state index contributed by atoms with van der Waals surface area (Å²) in [5.41, 5.74) is 12.7. The summed E-state index contributed by atoms with van der Waals surface area (Å²) in [7, 11) is -21.8. The molecule has 6 aromatic heterocycles. The van der Waals surface area contributed by atoms with Crippen LogP contribution in [0.4, 0.5) is 26.5 Å². The molecule has 14 N–H and O–H groups in total. The van der Waals surface area contributed by atoms with Gasteiger partial charge >= 0.3 is 29.1 Å². The fourth-order valence-corrected chi connectivity index (χ4v) is 14.0. The molecule has 45 heteroatoms. The van der Waals surface area contributed by atoms with Crippen LogP contribution >= 0.6 is 31.3 Å². The molecule has 0 radical (unpaired) electrons. The van der Waals surface area contributed by atoms with Crippen LogP contribution < -0.4 is 37.8 Å². The first-order valence-corrected chi connectivity index (χ1v) is 28.7. The molecule has 0 spiro atoms. The molecule has 17 atom stereocenters. The lowest BCUT2D eigenvalue weighted by molar-refractivity contribution is -0.753. The Labute approximate surface area is 441 Å². The number of nitrogens with one attached hydrogen (secondary N) is 2. The van der Waals surface area contributed by atoms with Gasteiger partial charge in [-0.25, -0.2) is 47.0 Å². The van der Waals surface area contributed by atoms with E-state index in [1.54, 1.807) is 0 Å². The number of hydrogen-bond acceptors (Lipinski definition) is 30. The Balaban J connectivity index is 0.826. The van der Waals surface area contributed by atoms with E-state index in [2.05, 4.69) is 48.5 Å². The first-order valence-electron chi connectivity index (χ1n) is 22.8. The average Bonchev–Trinajstić information content (AvgIpc) is 4.30. The zero-order valence-corrected chi connectivity index (χ0v) is 44.0. The van der Waals surface area contributed by atoms with Crippen molar-refractivity contribution in [2.45, 2.75) is 92.1 Å². The van der Waals surface area contributed by atoms with E-state index in [4.69, 9.17) is 59.0 Å². The van der Waals surface area contributed by atoms with E-state index in [9.17, 15) is 71.5 Å². The molecule has 2 bridgehead atoms. The summed E-state index contributed by atoms with van der Waals surface area (Å²) in [4.78, 5) is 98.9. The Morgan fingerprint density at radius 1 is 0.812 bits per heavy atom. The molecule has 39 nitrogen and oxygen atoms in total. The number of phosphoric acid groups is 4. The molecule has 0 amide bonds. The topological polar surface area (TPSA) is 554 Å². The Kier molecular flexibility index (Phi) is 15.3. The van der Waals surface area contributed by atoms with Gasteiger partial charge in [-0.1, -0.05) is 4.98 Å². The van der Waals surface area contributed by atoms with Crippen LogP contribution in [0, 0.1) is 0 Å². The number of alkyl halides is 2. The molecule has 6 aromatic rings. The molecule has 10 heterocycles. The largest absolute Gasteiger partial charge is 0.756 e. The number of aliphatic hydroxyl groups excluding tert-OH is 3. The van der Waals surface area contributed by atoms with Crippen molar-refractivity contribution in [2.75, 3.05) is 44.1 Å². The number of rotatable bonds is 21. The lowest BCUT2D eigenvalue weighted by atomic mass is 9.92. The molecule has 0 saturated carbocycles. The van der Waals surface area contributed by atoms with Gasteiger partial charge in [0.15, 0.2) is 47.0 Å². The summed E-state index contributed by atoms with van der Waals surface area (Å²) in [5, 5.41) is 33.1. The van der Waals surface area contributed by atoms with Crippen molar-refractivity contribution in [3.8, 4) is 0 Å². The van der Waals surface area contributed by atoms with Crippen molar-refractivity contribution in [1.82, 2.24) is 53.6 Å². The molecular formula is C35H45F2N15O24P4. The molecule has 4 saturated heterocycles. The zero-order chi connectivity index (χ0) is 57.8. The fraction of sp³-hybridized carbons (Fsp3) is 0.571. The molecule has 7 unspecified atom stereocenters. The van der Waals surface area contributed by atoms with Crippen molar-refractivity contribution < 1.29 is 117 Å². The lowest BCUT2D eigenvalue weighted by Crippen LogP contribution is -2.54. The Bertz CT molecular complexity index is 3690. The van der Waals surface area contributed by atoms with Crippen LogP contribution in [0.2, 0.25) is 0 Å². The summed E-state index contributed by atoms with van der Waals surface area (Å²) < 4.78 is 143. The molecule has 10 rings (SSSR count). The highest BCUT2D eigenvalue weighted by Crippen LogP contribution is 2.68. The minimum absolute atomic E-state index is 0.00948. The molecule has 0 aromatic carbocycles. The number of anilines is 3. The first kappa shape index (κ1) is 57.9. The van der Waals surface area contributed by atoms with Gasteiger partial charge in [0, 0.05) is 13.5 Å². The minimum atomic E-state index is -6.36. The first-order chi connectivity index (χ1) is 37.5. The number of aromatic nitrogens is 12. The van der Waals surface area contributed by atoms with E-state index in [-0.39, 0.29) is 51.2 Å². The second-order valence-corrected chi connectivity index (χ2v) is 24.0. The highest BCUT2D eigenvalue weighted by Gasteiger charge is 2.69. The number of fused-ring (bicyclic) bond motifs is 5. The van der Waals surface area contributed by atoms with Gasteiger partial charge < -0.3 is 84.8 Å². The van der Waals surface area contributed by atoms with Gasteiger partial charge in [0.25, 0.3) is 24.9 Å². The van der Waals surface area contributed by atoms with Crippen LogP contribution in [0.5, 0.6) is 0 Å². The predicted molar refractivity (Wildman–Crippen MR) is 249 cm³/mol. The van der Waals surface area contributed by atoms with Crippen LogP contribution in [-0.2, 0) is 75.7 Å². The van der Waals surface area contributed by atoms with Gasteiger partial charge in [0.05, 0.1) is 45.6 Å². The normalized spacial score (nSPS) is 31.8. The van der Waals surface area contributed by atoms with Crippen molar-refractivity contribution in [3.05, 3.63) is 46.0 Å². The molecule has 4 aliphatic heterocycles. The second-order valence-electron chi connectivity index (χ2n) is 18.0. The monoisotopic (exact) mass is 1220 g/mol. The zero-order valence-electron chi connectivity index (χ0n) is 40.4. The number of nitrogens with two attached hydrogens (primary N) is 3. The van der Waals surface area contributed by atoms with Crippen LogP contribution in [0.3, 0.4) is 0 Å². The molecule has 4 fully saturated rings. The highest BCUT2D eigenvalue weighted by atomic mass is 31.3. The number of aliphatic hydroxyl groups is 3. The molecular weight excluding hydrogens is 1180 g/mol. The van der Waals surface area contributed by atoms with Crippen molar-refractivity contribution in [2.24, 2.45) is 7.05 Å². The number of hydrogen-bond donors (Lipinski definition) is 11. The number of phosphoric ester groups is 3. The second kappa shape index (κ2) is 21.2. The lowest BCUT2D eigenvalue weighted by Gasteiger charge is -2.36. The van der Waals surface area contributed by atoms with Gasteiger partial charge in [-0.2, -0.15) is 13.6 Å². The summed E-state index contributed by atoms with van der Waals surface area (Å²) in [6.07, 6.45) is -20.7. The standard InChI is InChI=1S/C35H45F2N15O24P4/c1-49-10-52(27-17(49)29(57)48-34(40)46-27)32-22-23(55)35(73-32,13(72-22)3-14(36)37)6-69-79(62,63)76-80(64,65)75-78(60,61)68-5-12-20(21(66-2)31(71-12)50-8-43-15-24(38)41-7-42-25(15)50)74-77(58,59)67-4-11-18(53)19(54)30(70-11)51-9-44-16-26(51)45-33(39)47-28(16)56/h7-14,18-23,30-32,53-55H,3-6H2,1-2H3,(H11-,38,39,40,41,42,45,46,47,48,56,57,58,59,60,61,62,63,64,65)/t11-,12-,13+,18?,19+,20?,21+,22?,23-,30-,31-,32-,35+/m1/s1. The van der Waals surface area contributed by atoms with Gasteiger partial charge in [-0.05, 0) is 0 Å².